The van der Waals surface area contributed by atoms with Gasteiger partial charge in [-0.05, 0) is 30.7 Å². The predicted octanol–water partition coefficient (Wildman–Crippen LogP) is 1.36. The van der Waals surface area contributed by atoms with Crippen LogP contribution in [0.4, 0.5) is 11.6 Å². The fraction of sp³-hybridized carbons (Fsp3) is 0.200. The summed E-state index contributed by atoms with van der Waals surface area (Å²) in [6.07, 6.45) is 4.55. The summed E-state index contributed by atoms with van der Waals surface area (Å²) in [5.41, 5.74) is 6.37. The number of nitrogens with zero attached hydrogens (tertiary/aromatic N) is 3. The lowest BCUT2D eigenvalue weighted by Crippen LogP contribution is -2.30. The summed E-state index contributed by atoms with van der Waals surface area (Å²) in [6.45, 7) is 0.694. The van der Waals surface area contributed by atoms with Crippen LogP contribution >= 0.6 is 0 Å². The molecule has 2 aromatic rings. The monoisotopic (exact) mass is 297 g/mol. The first-order valence-electron chi connectivity index (χ1n) is 6.98. The molecule has 2 N–H and O–H groups in total. The molecule has 0 saturated carbocycles. The Hall–Kier alpha value is -2.96. The molecular formula is C15H15N5O2. The highest BCUT2D eigenvalue weighted by molar-refractivity contribution is 5.99. The summed E-state index contributed by atoms with van der Waals surface area (Å²) >= 11 is 0. The number of benzene rings is 1. The summed E-state index contributed by atoms with van der Waals surface area (Å²) in [5.74, 6) is 0.0797. The molecule has 0 atom stereocenters. The Bertz CT molecular complexity index is 689. The Morgan fingerprint density at radius 1 is 1.18 bits per heavy atom. The number of amides is 2. The molecule has 0 bridgehead atoms. The quantitative estimate of drug-likeness (QED) is 0.832. The standard InChI is InChI=1S/C15H15N5O2/c21-13-6-2-9-20(13)12-5-1-4-11(10-12)14(22)18-19-15-16-7-3-8-17-15/h1,3-5,7-8,10H,2,6,9H2,(H,18,22)(H,16,17,19). The Balaban J connectivity index is 1.69. The van der Waals surface area contributed by atoms with Crippen LogP contribution < -0.4 is 15.8 Å². The molecule has 0 spiro atoms. The van der Waals surface area contributed by atoms with Crippen molar-refractivity contribution in [2.45, 2.75) is 12.8 Å². The second-order valence-electron chi connectivity index (χ2n) is 4.85. The zero-order valence-corrected chi connectivity index (χ0v) is 11.8. The molecule has 1 fully saturated rings. The summed E-state index contributed by atoms with van der Waals surface area (Å²) in [6, 6.07) is 8.66. The van der Waals surface area contributed by atoms with E-state index < -0.39 is 0 Å². The smallest absolute Gasteiger partial charge is 0.269 e. The number of anilines is 2. The molecule has 1 saturated heterocycles. The van der Waals surface area contributed by atoms with Crippen molar-refractivity contribution in [3.8, 4) is 0 Å². The number of hydrazine groups is 1. The average molecular weight is 297 g/mol. The van der Waals surface area contributed by atoms with E-state index >= 15 is 0 Å². The van der Waals surface area contributed by atoms with E-state index in [1.54, 1.807) is 41.6 Å². The van der Waals surface area contributed by atoms with Crippen LogP contribution in [-0.4, -0.2) is 28.3 Å². The Morgan fingerprint density at radius 2 is 2.00 bits per heavy atom. The molecule has 0 aliphatic carbocycles. The maximum atomic E-state index is 12.1. The van der Waals surface area contributed by atoms with E-state index in [0.29, 0.717) is 24.5 Å². The number of hydrogen-bond donors (Lipinski definition) is 2. The van der Waals surface area contributed by atoms with E-state index in [9.17, 15) is 9.59 Å². The van der Waals surface area contributed by atoms with E-state index in [1.165, 1.54) is 0 Å². The van der Waals surface area contributed by atoms with E-state index in [4.69, 9.17) is 0 Å². The zero-order valence-electron chi connectivity index (χ0n) is 11.8. The van der Waals surface area contributed by atoms with Crippen LogP contribution in [0.3, 0.4) is 0 Å². The van der Waals surface area contributed by atoms with Gasteiger partial charge in [0.15, 0.2) is 0 Å². The molecule has 2 heterocycles. The van der Waals surface area contributed by atoms with E-state index in [-0.39, 0.29) is 11.8 Å². The molecule has 3 rings (SSSR count). The Morgan fingerprint density at radius 3 is 2.73 bits per heavy atom. The molecule has 7 nitrogen and oxygen atoms in total. The third kappa shape index (κ3) is 3.03. The summed E-state index contributed by atoms with van der Waals surface area (Å²) < 4.78 is 0. The Labute approximate surface area is 127 Å². The van der Waals surface area contributed by atoms with Gasteiger partial charge in [0.2, 0.25) is 11.9 Å². The lowest BCUT2D eigenvalue weighted by molar-refractivity contribution is -0.117. The highest BCUT2D eigenvalue weighted by atomic mass is 16.2. The van der Waals surface area contributed by atoms with Crippen LogP contribution in [0.25, 0.3) is 0 Å². The SMILES string of the molecule is O=C(NNc1ncccn1)c1cccc(N2CCCC2=O)c1. The van der Waals surface area contributed by atoms with Crippen molar-refractivity contribution >= 4 is 23.5 Å². The van der Waals surface area contributed by atoms with Crippen molar-refractivity contribution in [3.63, 3.8) is 0 Å². The molecule has 1 aliphatic heterocycles. The van der Waals surface area contributed by atoms with Crippen LogP contribution in [0.1, 0.15) is 23.2 Å². The van der Waals surface area contributed by atoms with Crippen LogP contribution in [0.15, 0.2) is 42.7 Å². The number of aromatic nitrogens is 2. The summed E-state index contributed by atoms with van der Waals surface area (Å²) in [4.78, 5) is 33.5. The van der Waals surface area contributed by atoms with E-state index in [2.05, 4.69) is 20.8 Å². The van der Waals surface area contributed by atoms with Crippen LogP contribution in [0.5, 0.6) is 0 Å². The van der Waals surface area contributed by atoms with E-state index in [0.717, 1.165) is 12.1 Å². The third-order valence-electron chi connectivity index (χ3n) is 3.35. The highest BCUT2D eigenvalue weighted by Gasteiger charge is 2.22. The van der Waals surface area contributed by atoms with Crippen molar-refractivity contribution in [1.29, 1.82) is 0 Å². The van der Waals surface area contributed by atoms with Crippen LogP contribution in [-0.2, 0) is 4.79 Å². The lowest BCUT2D eigenvalue weighted by Gasteiger charge is -2.16. The minimum Gasteiger partial charge on any atom is -0.312 e. The first-order valence-corrected chi connectivity index (χ1v) is 6.98. The number of carbonyl (C=O) groups is 2. The molecular weight excluding hydrogens is 282 g/mol. The molecule has 1 aromatic heterocycles. The second kappa shape index (κ2) is 6.21. The number of nitrogens with one attached hydrogen (secondary N) is 2. The first kappa shape index (κ1) is 14.0. The van der Waals surface area contributed by atoms with Gasteiger partial charge in [-0.2, -0.15) is 0 Å². The topological polar surface area (TPSA) is 87.2 Å². The van der Waals surface area contributed by atoms with Gasteiger partial charge in [-0.1, -0.05) is 6.07 Å². The number of carbonyl (C=O) groups excluding carboxylic acids is 2. The molecule has 1 aliphatic rings. The van der Waals surface area contributed by atoms with Gasteiger partial charge in [0, 0.05) is 36.6 Å². The van der Waals surface area contributed by atoms with Crippen LogP contribution in [0.2, 0.25) is 0 Å². The van der Waals surface area contributed by atoms with Gasteiger partial charge in [-0.25, -0.2) is 9.97 Å². The predicted molar refractivity (Wildman–Crippen MR) is 81.1 cm³/mol. The first-order chi connectivity index (χ1) is 10.7. The fourth-order valence-electron chi connectivity index (χ4n) is 2.28. The molecule has 0 radical (unpaired) electrons. The molecule has 22 heavy (non-hydrogen) atoms. The van der Waals surface area contributed by atoms with Gasteiger partial charge in [-0.15, -0.1) is 0 Å². The van der Waals surface area contributed by atoms with Gasteiger partial charge in [0.1, 0.15) is 0 Å². The van der Waals surface area contributed by atoms with Gasteiger partial charge < -0.3 is 4.90 Å². The second-order valence-corrected chi connectivity index (χ2v) is 4.85. The van der Waals surface area contributed by atoms with Crippen molar-refractivity contribution in [3.05, 3.63) is 48.3 Å². The minimum absolute atomic E-state index is 0.0911. The maximum Gasteiger partial charge on any atom is 0.269 e. The van der Waals surface area contributed by atoms with Gasteiger partial charge >= 0.3 is 0 Å². The van der Waals surface area contributed by atoms with Crippen LogP contribution in [0, 0.1) is 0 Å². The minimum atomic E-state index is -0.319. The zero-order chi connectivity index (χ0) is 15.4. The van der Waals surface area contributed by atoms with Crippen molar-refractivity contribution in [1.82, 2.24) is 15.4 Å². The van der Waals surface area contributed by atoms with Crippen molar-refractivity contribution in [2.75, 3.05) is 16.9 Å². The van der Waals surface area contributed by atoms with Gasteiger partial charge in [0.05, 0.1) is 0 Å². The highest BCUT2D eigenvalue weighted by Crippen LogP contribution is 2.22. The van der Waals surface area contributed by atoms with Crippen molar-refractivity contribution in [2.24, 2.45) is 0 Å². The normalized spacial score (nSPS) is 14.0. The Kier molecular flexibility index (Phi) is 3.95. The molecule has 1 aromatic carbocycles. The van der Waals surface area contributed by atoms with Crippen molar-refractivity contribution < 1.29 is 9.59 Å². The van der Waals surface area contributed by atoms with Gasteiger partial charge in [0.25, 0.3) is 5.91 Å². The van der Waals surface area contributed by atoms with Gasteiger partial charge in [-0.3, -0.25) is 20.4 Å². The number of hydrogen-bond acceptors (Lipinski definition) is 5. The molecule has 0 unspecified atom stereocenters. The maximum absolute atomic E-state index is 12.1. The molecule has 2 amide bonds. The summed E-state index contributed by atoms with van der Waals surface area (Å²) in [5, 5.41) is 0. The average Bonchev–Trinajstić information content (AvgIpc) is 3.00. The largest absolute Gasteiger partial charge is 0.312 e. The fourth-order valence-corrected chi connectivity index (χ4v) is 2.28. The molecule has 112 valence electrons. The number of rotatable bonds is 4. The lowest BCUT2D eigenvalue weighted by atomic mass is 10.2. The molecule has 7 heteroatoms. The van der Waals surface area contributed by atoms with E-state index in [1.807, 2.05) is 6.07 Å². The third-order valence-corrected chi connectivity index (χ3v) is 3.35. The summed E-state index contributed by atoms with van der Waals surface area (Å²) in [7, 11) is 0.